The largest absolute Gasteiger partial charge is 0.479 e. The number of nitrogens with zero attached hydrogens (tertiary/aromatic N) is 5. The molecule has 0 saturated carbocycles. The Bertz CT molecular complexity index is 868. The number of nitrogens with two attached hydrogens (primary N) is 1. The number of benzene rings is 1. The zero-order chi connectivity index (χ0) is 15.7. The van der Waals surface area contributed by atoms with Crippen LogP contribution < -0.4 is 10.5 Å². The van der Waals surface area contributed by atoms with Gasteiger partial charge in [-0.25, -0.2) is 4.52 Å². The van der Waals surface area contributed by atoms with Gasteiger partial charge in [0.1, 0.15) is 5.52 Å². The van der Waals surface area contributed by atoms with Gasteiger partial charge in [-0.1, -0.05) is 6.07 Å². The zero-order valence-corrected chi connectivity index (χ0v) is 12.6. The van der Waals surface area contributed by atoms with E-state index in [1.165, 1.54) is 0 Å². The van der Waals surface area contributed by atoms with Crippen LogP contribution in [0.4, 0.5) is 11.6 Å². The smallest absolute Gasteiger partial charge is 0.243 e. The van der Waals surface area contributed by atoms with Crippen molar-refractivity contribution in [1.29, 1.82) is 0 Å². The first-order valence-corrected chi connectivity index (χ1v) is 6.73. The van der Waals surface area contributed by atoms with Crippen LogP contribution in [0.15, 0.2) is 40.7 Å². The fourth-order valence-electron chi connectivity index (χ4n) is 2.43. The third kappa shape index (κ3) is 2.26. The Balaban J connectivity index is 2.20. The van der Waals surface area contributed by atoms with Crippen LogP contribution in [-0.2, 0) is 0 Å². The van der Waals surface area contributed by atoms with Crippen LogP contribution in [0, 0.1) is 6.92 Å². The quantitative estimate of drug-likeness (QED) is 0.752. The number of ether oxygens (including phenoxy) is 1. The Labute approximate surface area is 127 Å². The lowest BCUT2D eigenvalue weighted by molar-refractivity contribution is 0.400. The summed E-state index contributed by atoms with van der Waals surface area (Å²) in [5, 5.41) is 12.1. The number of methoxy groups -OCH3 is 1. The highest BCUT2D eigenvalue weighted by molar-refractivity contribution is 5.85. The second-order valence-corrected chi connectivity index (χ2v) is 4.80. The SMILES string of the molecule is CN=Nc1ccc(-c2ccn3nc(N)nc(OC)c23)cc1C. The molecule has 0 atom stereocenters. The summed E-state index contributed by atoms with van der Waals surface area (Å²) in [7, 11) is 3.22. The standard InChI is InChI=1S/C15H16N6O/c1-9-8-10(4-5-12(9)19-17-2)11-6-7-21-13(11)14(22-3)18-15(16)20-21/h4-8H,1-3H3,(H2,16,20). The Morgan fingerprint density at radius 3 is 2.77 bits per heavy atom. The van der Waals surface area contributed by atoms with Crippen molar-refractivity contribution >= 4 is 17.2 Å². The highest BCUT2D eigenvalue weighted by Gasteiger charge is 2.14. The van der Waals surface area contributed by atoms with Crippen molar-refractivity contribution < 1.29 is 4.74 Å². The van der Waals surface area contributed by atoms with Crippen molar-refractivity contribution in [1.82, 2.24) is 14.6 Å². The number of aromatic nitrogens is 3. The minimum atomic E-state index is 0.168. The van der Waals surface area contributed by atoms with E-state index < -0.39 is 0 Å². The van der Waals surface area contributed by atoms with E-state index in [1.54, 1.807) is 18.7 Å². The van der Waals surface area contributed by atoms with Gasteiger partial charge in [-0.05, 0) is 36.2 Å². The van der Waals surface area contributed by atoms with Crippen LogP contribution in [-0.4, -0.2) is 28.8 Å². The molecule has 112 valence electrons. The highest BCUT2D eigenvalue weighted by Crippen LogP contribution is 2.33. The van der Waals surface area contributed by atoms with Crippen molar-refractivity contribution in [2.24, 2.45) is 10.2 Å². The molecule has 3 rings (SSSR count). The lowest BCUT2D eigenvalue weighted by atomic mass is 10.0. The van der Waals surface area contributed by atoms with E-state index in [-0.39, 0.29) is 5.95 Å². The molecule has 0 bridgehead atoms. The first kappa shape index (κ1) is 14.0. The average Bonchev–Trinajstić information content (AvgIpc) is 2.92. The van der Waals surface area contributed by atoms with Gasteiger partial charge in [0.2, 0.25) is 11.8 Å². The molecule has 2 aromatic heterocycles. The van der Waals surface area contributed by atoms with Crippen LogP contribution in [0.2, 0.25) is 0 Å². The molecule has 0 radical (unpaired) electrons. The molecule has 0 aliphatic carbocycles. The number of aryl methyl sites for hydroxylation is 1. The summed E-state index contributed by atoms with van der Waals surface area (Å²) >= 11 is 0. The molecule has 0 saturated heterocycles. The van der Waals surface area contributed by atoms with Crippen molar-refractivity contribution in [3.8, 4) is 17.0 Å². The third-order valence-electron chi connectivity index (χ3n) is 3.40. The van der Waals surface area contributed by atoms with Gasteiger partial charge in [0.15, 0.2) is 0 Å². The van der Waals surface area contributed by atoms with E-state index >= 15 is 0 Å². The van der Waals surface area contributed by atoms with Crippen molar-refractivity contribution in [2.45, 2.75) is 6.92 Å². The summed E-state index contributed by atoms with van der Waals surface area (Å²) in [4.78, 5) is 4.14. The Hall–Kier alpha value is -2.96. The summed E-state index contributed by atoms with van der Waals surface area (Å²) < 4.78 is 7.01. The van der Waals surface area contributed by atoms with Gasteiger partial charge in [-0.3, -0.25) is 0 Å². The Morgan fingerprint density at radius 1 is 1.27 bits per heavy atom. The van der Waals surface area contributed by atoms with Gasteiger partial charge in [-0.2, -0.15) is 15.2 Å². The molecule has 0 spiro atoms. The number of nitrogen functional groups attached to an aromatic ring is 1. The van der Waals surface area contributed by atoms with Crippen LogP contribution >= 0.6 is 0 Å². The molecular formula is C15H16N6O. The maximum absolute atomic E-state index is 5.68. The molecule has 7 nitrogen and oxygen atoms in total. The number of rotatable bonds is 3. The third-order valence-corrected chi connectivity index (χ3v) is 3.40. The van der Waals surface area contributed by atoms with Gasteiger partial charge in [0.05, 0.1) is 12.8 Å². The topological polar surface area (TPSA) is 90.2 Å². The molecule has 1 aromatic carbocycles. The van der Waals surface area contributed by atoms with Crippen LogP contribution in [0.1, 0.15) is 5.56 Å². The fraction of sp³-hybridized carbons (Fsp3) is 0.200. The van der Waals surface area contributed by atoms with E-state index in [4.69, 9.17) is 10.5 Å². The highest BCUT2D eigenvalue weighted by atomic mass is 16.5. The number of hydrogen-bond donors (Lipinski definition) is 1. The lowest BCUT2D eigenvalue weighted by Gasteiger charge is -2.07. The minimum absolute atomic E-state index is 0.168. The van der Waals surface area contributed by atoms with E-state index in [9.17, 15) is 0 Å². The van der Waals surface area contributed by atoms with E-state index in [0.717, 1.165) is 27.9 Å². The van der Waals surface area contributed by atoms with E-state index in [0.29, 0.717) is 5.88 Å². The molecule has 0 fully saturated rings. The maximum atomic E-state index is 5.68. The van der Waals surface area contributed by atoms with Gasteiger partial charge in [-0.15, -0.1) is 5.10 Å². The monoisotopic (exact) mass is 296 g/mol. The number of azo groups is 1. The molecule has 0 aliphatic heterocycles. The van der Waals surface area contributed by atoms with E-state index in [2.05, 4.69) is 26.4 Å². The van der Waals surface area contributed by atoms with Crippen LogP contribution in [0.3, 0.4) is 0 Å². The molecular weight excluding hydrogens is 280 g/mol. The second-order valence-electron chi connectivity index (χ2n) is 4.80. The Morgan fingerprint density at radius 2 is 2.09 bits per heavy atom. The van der Waals surface area contributed by atoms with Gasteiger partial charge in [0.25, 0.3) is 0 Å². The molecule has 3 aromatic rings. The van der Waals surface area contributed by atoms with Gasteiger partial charge >= 0.3 is 0 Å². The molecule has 22 heavy (non-hydrogen) atoms. The minimum Gasteiger partial charge on any atom is -0.479 e. The molecule has 7 heteroatoms. The molecule has 2 heterocycles. The molecule has 0 unspecified atom stereocenters. The van der Waals surface area contributed by atoms with E-state index in [1.807, 2.05) is 31.3 Å². The fourth-order valence-corrected chi connectivity index (χ4v) is 2.43. The summed E-state index contributed by atoms with van der Waals surface area (Å²) in [6.45, 7) is 2.00. The molecule has 2 N–H and O–H groups in total. The maximum Gasteiger partial charge on any atom is 0.243 e. The van der Waals surface area contributed by atoms with Crippen LogP contribution in [0.25, 0.3) is 16.6 Å². The number of hydrogen-bond acceptors (Lipinski definition) is 6. The Kier molecular flexibility index (Phi) is 3.46. The number of anilines is 1. The van der Waals surface area contributed by atoms with Crippen molar-refractivity contribution in [3.63, 3.8) is 0 Å². The first-order valence-electron chi connectivity index (χ1n) is 6.73. The summed E-state index contributed by atoms with van der Waals surface area (Å²) in [5.41, 5.74) is 10.3. The van der Waals surface area contributed by atoms with Crippen LogP contribution in [0.5, 0.6) is 5.88 Å². The first-order chi connectivity index (χ1) is 10.6. The lowest BCUT2D eigenvalue weighted by Crippen LogP contribution is -2.03. The van der Waals surface area contributed by atoms with Gasteiger partial charge < -0.3 is 10.5 Å². The summed E-state index contributed by atoms with van der Waals surface area (Å²) in [6.07, 6.45) is 1.83. The normalized spacial score (nSPS) is 11.4. The second kappa shape index (κ2) is 5.44. The average molecular weight is 296 g/mol. The molecule has 0 amide bonds. The summed E-state index contributed by atoms with van der Waals surface area (Å²) in [6, 6.07) is 7.94. The molecule has 0 aliphatic rings. The zero-order valence-electron chi connectivity index (χ0n) is 12.6. The summed E-state index contributed by atoms with van der Waals surface area (Å²) in [5.74, 6) is 0.615. The van der Waals surface area contributed by atoms with Gasteiger partial charge in [0, 0.05) is 18.8 Å². The van der Waals surface area contributed by atoms with Crippen molar-refractivity contribution in [3.05, 3.63) is 36.0 Å². The number of fused-ring (bicyclic) bond motifs is 1. The van der Waals surface area contributed by atoms with Crippen molar-refractivity contribution in [2.75, 3.05) is 19.9 Å². The predicted octanol–water partition coefficient (Wildman–Crippen LogP) is 3.01. The predicted molar refractivity (Wildman–Crippen MR) is 84.6 cm³/mol.